The van der Waals surface area contributed by atoms with Crippen LogP contribution >= 0.6 is 0 Å². The zero-order valence-corrected chi connectivity index (χ0v) is 18.3. The summed E-state index contributed by atoms with van der Waals surface area (Å²) in [5, 5.41) is 12.6. The van der Waals surface area contributed by atoms with E-state index in [1.165, 1.54) is 0 Å². The predicted octanol–water partition coefficient (Wildman–Crippen LogP) is 4.51. The Morgan fingerprint density at radius 1 is 0.935 bits per heavy atom. The summed E-state index contributed by atoms with van der Waals surface area (Å²) in [7, 11) is 3.38. The number of amides is 3. The van der Waals surface area contributed by atoms with Crippen LogP contribution in [0.1, 0.15) is 36.8 Å². The molecule has 3 rings (SSSR count). The maximum Gasteiger partial charge on any atom is 0.324 e. The van der Waals surface area contributed by atoms with Crippen molar-refractivity contribution in [3.63, 3.8) is 0 Å². The van der Waals surface area contributed by atoms with E-state index in [4.69, 9.17) is 4.74 Å². The molecule has 31 heavy (non-hydrogen) atoms. The number of anilines is 2. The summed E-state index contributed by atoms with van der Waals surface area (Å²) in [6, 6.07) is 15.3. The standard InChI is InChI=1S/C23H27N5O3/c1-23(2,3)19-14-20(28(5)27-19)26-22(30)25-16-8-12-18(13-9-16)31-17-10-6-15(7-11-17)21(29)24-4/h6-14H,1-5H3,(H,24,29)(H2,25,26,30). The third kappa shape index (κ3) is 5.63. The maximum absolute atomic E-state index is 12.4. The molecule has 0 aliphatic rings. The number of aromatic nitrogens is 2. The van der Waals surface area contributed by atoms with Crippen molar-refractivity contribution in [1.82, 2.24) is 15.1 Å². The summed E-state index contributed by atoms with van der Waals surface area (Å²) in [6.45, 7) is 6.21. The van der Waals surface area contributed by atoms with Gasteiger partial charge in [0.05, 0.1) is 5.69 Å². The monoisotopic (exact) mass is 421 g/mol. The van der Waals surface area contributed by atoms with Crippen molar-refractivity contribution in [2.75, 3.05) is 17.7 Å². The Balaban J connectivity index is 1.58. The van der Waals surface area contributed by atoms with Crippen LogP contribution in [0.2, 0.25) is 0 Å². The Morgan fingerprint density at radius 3 is 2.03 bits per heavy atom. The van der Waals surface area contributed by atoms with Crippen molar-refractivity contribution in [2.45, 2.75) is 26.2 Å². The van der Waals surface area contributed by atoms with Crippen molar-refractivity contribution in [3.8, 4) is 11.5 Å². The number of urea groups is 1. The van der Waals surface area contributed by atoms with Crippen LogP contribution in [-0.4, -0.2) is 28.8 Å². The lowest BCUT2D eigenvalue weighted by Gasteiger charge is -2.13. The second kappa shape index (κ2) is 8.91. The molecule has 8 heteroatoms. The Kier molecular flexibility index (Phi) is 6.29. The van der Waals surface area contributed by atoms with Gasteiger partial charge in [-0.05, 0) is 48.5 Å². The highest BCUT2D eigenvalue weighted by atomic mass is 16.5. The number of rotatable bonds is 5. The Bertz CT molecular complexity index is 1060. The van der Waals surface area contributed by atoms with Gasteiger partial charge in [0.2, 0.25) is 0 Å². The first kappa shape index (κ1) is 21.9. The molecule has 0 aliphatic carbocycles. The van der Waals surface area contributed by atoms with E-state index in [0.29, 0.717) is 28.6 Å². The van der Waals surface area contributed by atoms with Crippen LogP contribution in [0.25, 0.3) is 0 Å². The Hall–Kier alpha value is -3.81. The second-order valence-corrected chi connectivity index (χ2v) is 8.10. The molecule has 8 nitrogen and oxygen atoms in total. The van der Waals surface area contributed by atoms with E-state index in [1.54, 1.807) is 67.3 Å². The molecule has 3 amide bonds. The third-order valence-corrected chi connectivity index (χ3v) is 4.58. The molecule has 162 valence electrons. The fourth-order valence-electron chi connectivity index (χ4n) is 2.79. The molecule has 0 unspecified atom stereocenters. The van der Waals surface area contributed by atoms with Crippen LogP contribution in [0.5, 0.6) is 11.5 Å². The highest BCUT2D eigenvalue weighted by molar-refractivity contribution is 5.99. The number of aryl methyl sites for hydroxylation is 1. The topological polar surface area (TPSA) is 97.3 Å². The minimum Gasteiger partial charge on any atom is -0.457 e. The summed E-state index contributed by atoms with van der Waals surface area (Å²) in [5.74, 6) is 1.68. The number of carbonyl (C=O) groups is 2. The zero-order valence-electron chi connectivity index (χ0n) is 18.3. The minimum absolute atomic E-state index is 0.104. The molecule has 0 saturated heterocycles. The number of ether oxygens (including phenoxy) is 1. The molecular formula is C23H27N5O3. The zero-order chi connectivity index (χ0) is 22.6. The fourth-order valence-corrected chi connectivity index (χ4v) is 2.79. The molecule has 3 aromatic rings. The fraction of sp³-hybridized carbons (Fsp3) is 0.261. The lowest BCUT2D eigenvalue weighted by molar-refractivity contribution is 0.0963. The molecule has 0 atom stereocenters. The summed E-state index contributed by atoms with van der Waals surface area (Å²) in [4.78, 5) is 23.9. The number of hydrogen-bond donors (Lipinski definition) is 3. The number of carbonyl (C=O) groups excluding carboxylic acids is 2. The van der Waals surface area contributed by atoms with Crippen LogP contribution < -0.4 is 20.7 Å². The highest BCUT2D eigenvalue weighted by Crippen LogP contribution is 2.25. The number of hydrogen-bond acceptors (Lipinski definition) is 4. The van der Waals surface area contributed by atoms with E-state index < -0.39 is 0 Å². The second-order valence-electron chi connectivity index (χ2n) is 8.10. The van der Waals surface area contributed by atoms with Gasteiger partial charge in [0.15, 0.2) is 0 Å². The predicted molar refractivity (Wildman–Crippen MR) is 121 cm³/mol. The molecule has 1 heterocycles. The molecule has 2 aromatic carbocycles. The first-order chi connectivity index (χ1) is 14.7. The number of nitrogens with zero attached hydrogens (tertiary/aromatic N) is 2. The lowest BCUT2D eigenvalue weighted by Crippen LogP contribution is -2.20. The normalized spacial score (nSPS) is 11.0. The van der Waals surface area contributed by atoms with Gasteiger partial charge in [-0.2, -0.15) is 5.10 Å². The van der Waals surface area contributed by atoms with Gasteiger partial charge in [-0.3, -0.25) is 14.8 Å². The molecule has 0 spiro atoms. The van der Waals surface area contributed by atoms with Gasteiger partial charge in [-0.15, -0.1) is 0 Å². The molecule has 1 aromatic heterocycles. The summed E-state index contributed by atoms with van der Waals surface area (Å²) < 4.78 is 7.43. The average Bonchev–Trinajstić information content (AvgIpc) is 3.10. The third-order valence-electron chi connectivity index (χ3n) is 4.58. The van der Waals surface area contributed by atoms with Crippen molar-refractivity contribution < 1.29 is 14.3 Å². The maximum atomic E-state index is 12.4. The van der Waals surface area contributed by atoms with Gasteiger partial charge in [0.1, 0.15) is 17.3 Å². The van der Waals surface area contributed by atoms with Crippen LogP contribution in [-0.2, 0) is 12.5 Å². The molecule has 0 radical (unpaired) electrons. The van der Waals surface area contributed by atoms with Gasteiger partial charge >= 0.3 is 6.03 Å². The van der Waals surface area contributed by atoms with Crippen molar-refractivity contribution in [3.05, 3.63) is 65.9 Å². The first-order valence-electron chi connectivity index (χ1n) is 9.88. The van der Waals surface area contributed by atoms with Gasteiger partial charge in [-0.25, -0.2) is 4.79 Å². The van der Waals surface area contributed by atoms with E-state index in [-0.39, 0.29) is 17.4 Å². The molecule has 0 saturated carbocycles. The van der Waals surface area contributed by atoms with Crippen molar-refractivity contribution in [1.29, 1.82) is 0 Å². The van der Waals surface area contributed by atoms with Gasteiger partial charge in [-0.1, -0.05) is 20.8 Å². The Morgan fingerprint density at radius 2 is 1.52 bits per heavy atom. The average molecular weight is 422 g/mol. The quantitative estimate of drug-likeness (QED) is 0.564. The summed E-state index contributed by atoms with van der Waals surface area (Å²) in [6.07, 6.45) is 0. The van der Waals surface area contributed by atoms with Crippen LogP contribution in [0.3, 0.4) is 0 Å². The van der Waals surface area contributed by atoms with E-state index in [2.05, 4.69) is 41.8 Å². The Labute approximate surface area is 181 Å². The molecule has 0 bridgehead atoms. The van der Waals surface area contributed by atoms with Gasteiger partial charge in [0.25, 0.3) is 5.91 Å². The van der Waals surface area contributed by atoms with Crippen LogP contribution in [0, 0.1) is 0 Å². The van der Waals surface area contributed by atoms with Crippen LogP contribution in [0.4, 0.5) is 16.3 Å². The van der Waals surface area contributed by atoms with Crippen molar-refractivity contribution in [2.24, 2.45) is 7.05 Å². The smallest absolute Gasteiger partial charge is 0.324 e. The van der Waals surface area contributed by atoms with Crippen molar-refractivity contribution >= 4 is 23.4 Å². The summed E-state index contributed by atoms with van der Waals surface area (Å²) >= 11 is 0. The molecule has 0 fully saturated rings. The van der Waals surface area contributed by atoms with E-state index in [1.807, 2.05) is 6.07 Å². The number of nitrogens with one attached hydrogen (secondary N) is 3. The largest absolute Gasteiger partial charge is 0.457 e. The number of benzene rings is 2. The SMILES string of the molecule is CNC(=O)c1ccc(Oc2ccc(NC(=O)Nc3cc(C(C)(C)C)nn3C)cc2)cc1. The highest BCUT2D eigenvalue weighted by Gasteiger charge is 2.19. The van der Waals surface area contributed by atoms with E-state index in [9.17, 15) is 9.59 Å². The van der Waals surface area contributed by atoms with Gasteiger partial charge in [0, 0.05) is 36.8 Å². The molecule has 0 aliphatic heterocycles. The van der Waals surface area contributed by atoms with Crippen LogP contribution in [0.15, 0.2) is 54.6 Å². The van der Waals surface area contributed by atoms with E-state index >= 15 is 0 Å². The molecule has 3 N–H and O–H groups in total. The first-order valence-corrected chi connectivity index (χ1v) is 9.88. The minimum atomic E-state index is -0.359. The summed E-state index contributed by atoms with van der Waals surface area (Å²) in [5.41, 5.74) is 1.98. The van der Waals surface area contributed by atoms with Gasteiger partial charge < -0.3 is 15.4 Å². The lowest BCUT2D eigenvalue weighted by atomic mass is 9.92. The molecular weight excluding hydrogens is 394 g/mol. The van der Waals surface area contributed by atoms with E-state index in [0.717, 1.165) is 5.69 Å².